The fourth-order valence-corrected chi connectivity index (χ4v) is 1.57. The van der Waals surface area contributed by atoms with E-state index >= 15 is 0 Å². The van der Waals surface area contributed by atoms with Crippen LogP contribution in [0.5, 0.6) is 0 Å². The van der Waals surface area contributed by atoms with Gasteiger partial charge in [0.2, 0.25) is 16.5 Å². The Bertz CT molecular complexity index is 454. The van der Waals surface area contributed by atoms with Gasteiger partial charge in [-0.2, -0.15) is 15.0 Å². The van der Waals surface area contributed by atoms with Gasteiger partial charge in [0.15, 0.2) is 0 Å². The molecule has 0 aliphatic heterocycles. The lowest BCUT2D eigenvalue weighted by molar-refractivity contribution is 0.563. The van der Waals surface area contributed by atoms with Gasteiger partial charge in [-0.1, -0.05) is 0 Å². The number of halogens is 2. The van der Waals surface area contributed by atoms with Gasteiger partial charge in [-0.3, -0.25) is 0 Å². The minimum absolute atomic E-state index is 0.0778. The Morgan fingerprint density at radius 3 is 2.50 bits per heavy atom. The Labute approximate surface area is 102 Å². The van der Waals surface area contributed by atoms with Crippen molar-refractivity contribution < 1.29 is 4.42 Å². The molecule has 5 nitrogen and oxygen atoms in total. The first kappa shape index (κ1) is 11.2. The molecule has 0 aliphatic carbocycles. The highest BCUT2D eigenvalue weighted by atomic mass is 35.5. The Kier molecular flexibility index (Phi) is 3.26. The Balaban J connectivity index is 2.17. The number of hydrogen-bond donors (Lipinski definition) is 0. The number of aromatic nitrogens is 3. The van der Waals surface area contributed by atoms with Crippen molar-refractivity contribution in [1.29, 1.82) is 0 Å². The summed E-state index contributed by atoms with van der Waals surface area (Å²) in [4.78, 5) is 13.4. The summed E-state index contributed by atoms with van der Waals surface area (Å²) in [6, 6.07) is 1.86. The smallest absolute Gasteiger partial charge is 0.231 e. The van der Waals surface area contributed by atoms with Crippen LogP contribution in [-0.4, -0.2) is 22.0 Å². The summed E-state index contributed by atoms with van der Waals surface area (Å²) in [6.45, 7) is 0.604. The highest BCUT2D eigenvalue weighted by Gasteiger charge is 2.09. The summed E-state index contributed by atoms with van der Waals surface area (Å²) >= 11 is 11.4. The number of hydrogen-bond acceptors (Lipinski definition) is 5. The quantitative estimate of drug-likeness (QED) is 0.847. The van der Waals surface area contributed by atoms with Crippen molar-refractivity contribution in [2.24, 2.45) is 0 Å². The van der Waals surface area contributed by atoms with Gasteiger partial charge in [-0.05, 0) is 29.3 Å². The van der Waals surface area contributed by atoms with Crippen LogP contribution >= 0.6 is 23.2 Å². The summed E-state index contributed by atoms with van der Waals surface area (Å²) in [6.07, 6.45) is 3.26. The van der Waals surface area contributed by atoms with E-state index in [-0.39, 0.29) is 10.6 Å². The molecule has 84 valence electrons. The van der Waals surface area contributed by atoms with Gasteiger partial charge in [0.25, 0.3) is 0 Å². The molecule has 0 aliphatic rings. The van der Waals surface area contributed by atoms with Crippen molar-refractivity contribution in [1.82, 2.24) is 15.0 Å². The van der Waals surface area contributed by atoms with Crippen LogP contribution in [0, 0.1) is 0 Å². The number of furan rings is 1. The largest absolute Gasteiger partial charge is 0.472 e. The summed E-state index contributed by atoms with van der Waals surface area (Å²) in [5, 5.41) is 0.156. The van der Waals surface area contributed by atoms with Crippen molar-refractivity contribution >= 4 is 29.2 Å². The molecule has 0 saturated heterocycles. The van der Waals surface area contributed by atoms with Crippen LogP contribution in [0.2, 0.25) is 10.6 Å². The van der Waals surface area contributed by atoms with E-state index in [1.54, 1.807) is 17.4 Å². The SMILES string of the molecule is CN(Cc1ccoc1)c1nc(Cl)nc(Cl)n1. The van der Waals surface area contributed by atoms with Crippen LogP contribution in [0.4, 0.5) is 5.95 Å². The molecule has 0 spiro atoms. The molecule has 0 atom stereocenters. The molecule has 2 aromatic rings. The summed E-state index contributed by atoms with van der Waals surface area (Å²) < 4.78 is 4.97. The second-order valence-electron chi connectivity index (χ2n) is 3.16. The monoisotopic (exact) mass is 258 g/mol. The van der Waals surface area contributed by atoms with E-state index in [4.69, 9.17) is 27.6 Å². The van der Waals surface area contributed by atoms with Crippen molar-refractivity contribution in [3.8, 4) is 0 Å². The predicted octanol–water partition coefficient (Wildman–Crippen LogP) is 2.41. The third-order valence-electron chi connectivity index (χ3n) is 1.91. The molecule has 0 radical (unpaired) electrons. The van der Waals surface area contributed by atoms with Crippen LogP contribution in [0.1, 0.15) is 5.56 Å². The molecule has 16 heavy (non-hydrogen) atoms. The van der Waals surface area contributed by atoms with Crippen molar-refractivity contribution in [2.45, 2.75) is 6.54 Å². The first-order valence-corrected chi connectivity index (χ1v) is 5.20. The summed E-state index contributed by atoms with van der Waals surface area (Å²) in [5.74, 6) is 0.422. The maximum Gasteiger partial charge on any atom is 0.231 e. The van der Waals surface area contributed by atoms with Gasteiger partial charge in [-0.25, -0.2) is 0 Å². The van der Waals surface area contributed by atoms with Crippen LogP contribution in [-0.2, 0) is 6.54 Å². The van der Waals surface area contributed by atoms with E-state index in [1.807, 2.05) is 13.1 Å². The maximum absolute atomic E-state index is 5.68. The Morgan fingerprint density at radius 1 is 1.25 bits per heavy atom. The highest BCUT2D eigenvalue weighted by Crippen LogP contribution is 2.15. The van der Waals surface area contributed by atoms with E-state index in [9.17, 15) is 0 Å². The van der Waals surface area contributed by atoms with Crippen LogP contribution in [0.25, 0.3) is 0 Å². The molecular weight excluding hydrogens is 251 g/mol. The molecule has 0 saturated carbocycles. The van der Waals surface area contributed by atoms with Gasteiger partial charge in [0, 0.05) is 19.2 Å². The standard InChI is InChI=1S/C9H8Cl2N4O/c1-15(4-6-2-3-16-5-6)9-13-7(10)12-8(11)14-9/h2-3,5H,4H2,1H3. The number of nitrogens with zero attached hydrogens (tertiary/aromatic N) is 4. The normalized spacial score (nSPS) is 10.4. The second kappa shape index (κ2) is 4.67. The van der Waals surface area contributed by atoms with Gasteiger partial charge >= 0.3 is 0 Å². The summed E-state index contributed by atoms with van der Waals surface area (Å²) in [5.41, 5.74) is 1.01. The zero-order chi connectivity index (χ0) is 11.5. The average Bonchev–Trinajstić information content (AvgIpc) is 2.68. The highest BCUT2D eigenvalue weighted by molar-refractivity contribution is 6.31. The molecule has 0 aromatic carbocycles. The lowest BCUT2D eigenvalue weighted by atomic mass is 10.3. The fourth-order valence-electron chi connectivity index (χ4n) is 1.21. The van der Waals surface area contributed by atoms with Crippen LogP contribution < -0.4 is 4.90 Å². The molecule has 7 heteroatoms. The molecule has 0 N–H and O–H groups in total. The molecule has 2 aromatic heterocycles. The third kappa shape index (κ3) is 2.62. The molecule has 0 unspecified atom stereocenters. The van der Waals surface area contributed by atoms with E-state index in [0.29, 0.717) is 12.5 Å². The van der Waals surface area contributed by atoms with Gasteiger partial charge in [0.1, 0.15) is 0 Å². The zero-order valence-corrected chi connectivity index (χ0v) is 9.90. The zero-order valence-electron chi connectivity index (χ0n) is 8.39. The fraction of sp³-hybridized carbons (Fsp3) is 0.222. The molecule has 2 heterocycles. The Morgan fingerprint density at radius 2 is 1.94 bits per heavy atom. The van der Waals surface area contributed by atoms with Crippen molar-refractivity contribution in [3.05, 3.63) is 34.7 Å². The first-order valence-electron chi connectivity index (χ1n) is 4.44. The van der Waals surface area contributed by atoms with Crippen LogP contribution in [0.15, 0.2) is 23.0 Å². The van der Waals surface area contributed by atoms with Crippen LogP contribution in [0.3, 0.4) is 0 Å². The molecule has 0 bridgehead atoms. The minimum atomic E-state index is 0.0778. The summed E-state index contributed by atoms with van der Waals surface area (Å²) in [7, 11) is 1.83. The van der Waals surface area contributed by atoms with Crippen molar-refractivity contribution in [2.75, 3.05) is 11.9 Å². The molecular formula is C9H8Cl2N4O. The van der Waals surface area contributed by atoms with E-state index in [2.05, 4.69) is 15.0 Å². The second-order valence-corrected chi connectivity index (χ2v) is 3.84. The minimum Gasteiger partial charge on any atom is -0.472 e. The van der Waals surface area contributed by atoms with Gasteiger partial charge in [0.05, 0.1) is 12.5 Å². The van der Waals surface area contributed by atoms with E-state index in [0.717, 1.165) is 5.56 Å². The van der Waals surface area contributed by atoms with Gasteiger partial charge < -0.3 is 9.32 Å². The van der Waals surface area contributed by atoms with Gasteiger partial charge in [-0.15, -0.1) is 0 Å². The molecule has 2 rings (SSSR count). The maximum atomic E-state index is 5.68. The Hall–Kier alpha value is -1.33. The van der Waals surface area contributed by atoms with E-state index < -0.39 is 0 Å². The number of anilines is 1. The first-order chi connectivity index (χ1) is 7.65. The lowest BCUT2D eigenvalue weighted by Crippen LogP contribution is -2.19. The third-order valence-corrected chi connectivity index (χ3v) is 2.25. The molecule has 0 amide bonds. The van der Waals surface area contributed by atoms with Crippen molar-refractivity contribution in [3.63, 3.8) is 0 Å². The average molecular weight is 259 g/mol. The van der Waals surface area contributed by atoms with E-state index in [1.165, 1.54) is 0 Å². The lowest BCUT2D eigenvalue weighted by Gasteiger charge is -2.15. The predicted molar refractivity (Wildman–Crippen MR) is 60.7 cm³/mol. The topological polar surface area (TPSA) is 55.1 Å². The molecule has 0 fully saturated rings. The number of rotatable bonds is 3.